The number of carboxylic acids is 1. The fourth-order valence-corrected chi connectivity index (χ4v) is 3.23. The van der Waals surface area contributed by atoms with E-state index >= 15 is 0 Å². The molecule has 1 aliphatic rings. The summed E-state index contributed by atoms with van der Waals surface area (Å²) in [5.41, 5.74) is 6.19. The van der Waals surface area contributed by atoms with Crippen LogP contribution in [0.5, 0.6) is 0 Å². The Morgan fingerprint density at radius 1 is 1.46 bits per heavy atom. The molecule has 0 radical (unpaired) electrons. The van der Waals surface area contributed by atoms with Crippen LogP contribution in [0, 0.1) is 5.92 Å². The van der Waals surface area contributed by atoms with Crippen molar-refractivity contribution in [3.05, 3.63) is 59.0 Å². The van der Waals surface area contributed by atoms with Crippen LogP contribution in [-0.4, -0.2) is 22.6 Å². The molecule has 1 atom stereocenters. The summed E-state index contributed by atoms with van der Waals surface area (Å²) in [5, 5.41) is 12.6. The Bertz CT molecular complexity index is 697. The Morgan fingerprint density at radius 2 is 2.21 bits per heavy atom. The SMILES string of the molecule is C=CC1=C(C(C)=C(C)C)CCCC1CNc1cnccc1C(=O)O. The lowest BCUT2D eigenvalue weighted by atomic mass is 9.79. The normalized spacial score (nSPS) is 17.4. The first kappa shape index (κ1) is 18.0. The number of carboxylic acid groups (broad SMARTS) is 1. The van der Waals surface area contributed by atoms with Crippen LogP contribution >= 0.6 is 0 Å². The Kier molecular flexibility index (Phi) is 5.96. The molecule has 1 aromatic rings. The topological polar surface area (TPSA) is 62.2 Å². The third kappa shape index (κ3) is 3.94. The van der Waals surface area contributed by atoms with Crippen LogP contribution < -0.4 is 5.32 Å². The number of hydrogen-bond acceptors (Lipinski definition) is 3. The molecule has 0 fully saturated rings. The second-order valence-electron chi connectivity index (χ2n) is 6.46. The van der Waals surface area contributed by atoms with Crippen molar-refractivity contribution in [2.75, 3.05) is 11.9 Å². The summed E-state index contributed by atoms with van der Waals surface area (Å²) in [6, 6.07) is 1.52. The van der Waals surface area contributed by atoms with Gasteiger partial charge in [0.05, 0.1) is 17.4 Å². The highest BCUT2D eigenvalue weighted by Gasteiger charge is 2.22. The summed E-state index contributed by atoms with van der Waals surface area (Å²) in [6.45, 7) is 11.2. The van der Waals surface area contributed by atoms with E-state index < -0.39 is 5.97 Å². The molecule has 24 heavy (non-hydrogen) atoms. The molecule has 0 bridgehead atoms. The Labute approximate surface area is 144 Å². The fourth-order valence-electron chi connectivity index (χ4n) is 3.23. The van der Waals surface area contributed by atoms with Crippen molar-refractivity contribution in [3.63, 3.8) is 0 Å². The maximum Gasteiger partial charge on any atom is 0.337 e. The maximum atomic E-state index is 11.3. The first-order chi connectivity index (χ1) is 11.5. The predicted octanol–water partition coefficient (Wildman–Crippen LogP) is 4.83. The molecule has 4 heteroatoms. The summed E-state index contributed by atoms with van der Waals surface area (Å²) in [4.78, 5) is 15.3. The van der Waals surface area contributed by atoms with E-state index in [1.165, 1.54) is 34.6 Å². The van der Waals surface area contributed by atoms with Gasteiger partial charge in [-0.1, -0.05) is 18.2 Å². The van der Waals surface area contributed by atoms with Gasteiger partial charge in [0.15, 0.2) is 0 Å². The van der Waals surface area contributed by atoms with Crippen molar-refractivity contribution in [1.29, 1.82) is 0 Å². The van der Waals surface area contributed by atoms with Gasteiger partial charge >= 0.3 is 5.97 Å². The van der Waals surface area contributed by atoms with Gasteiger partial charge in [-0.3, -0.25) is 4.98 Å². The zero-order valence-electron chi connectivity index (χ0n) is 14.7. The molecule has 0 saturated carbocycles. The van der Waals surface area contributed by atoms with Gasteiger partial charge in [-0.2, -0.15) is 0 Å². The molecule has 0 aliphatic heterocycles. The van der Waals surface area contributed by atoms with Gasteiger partial charge in [0.1, 0.15) is 0 Å². The number of aromatic carboxylic acids is 1. The number of nitrogens with zero attached hydrogens (tertiary/aromatic N) is 1. The number of anilines is 1. The Morgan fingerprint density at radius 3 is 2.83 bits per heavy atom. The van der Waals surface area contributed by atoms with E-state index in [2.05, 4.69) is 37.7 Å². The zero-order valence-corrected chi connectivity index (χ0v) is 14.7. The van der Waals surface area contributed by atoms with E-state index in [-0.39, 0.29) is 5.56 Å². The summed E-state index contributed by atoms with van der Waals surface area (Å²) >= 11 is 0. The van der Waals surface area contributed by atoms with Crippen molar-refractivity contribution < 1.29 is 9.90 Å². The van der Waals surface area contributed by atoms with Crippen molar-refractivity contribution >= 4 is 11.7 Å². The van der Waals surface area contributed by atoms with Crippen molar-refractivity contribution in [3.8, 4) is 0 Å². The number of aromatic nitrogens is 1. The highest BCUT2D eigenvalue weighted by atomic mass is 16.4. The molecule has 1 aromatic heterocycles. The van der Waals surface area contributed by atoms with Crippen molar-refractivity contribution in [2.24, 2.45) is 5.92 Å². The molecule has 2 N–H and O–H groups in total. The van der Waals surface area contributed by atoms with E-state index in [4.69, 9.17) is 0 Å². The molecule has 4 nitrogen and oxygen atoms in total. The minimum atomic E-state index is -0.941. The molecule has 0 aromatic carbocycles. The second kappa shape index (κ2) is 7.95. The first-order valence-corrected chi connectivity index (χ1v) is 8.36. The summed E-state index contributed by atoms with van der Waals surface area (Å²) in [7, 11) is 0. The molecule has 0 saturated heterocycles. The van der Waals surface area contributed by atoms with Crippen molar-refractivity contribution in [2.45, 2.75) is 40.0 Å². The zero-order chi connectivity index (χ0) is 17.7. The van der Waals surface area contributed by atoms with Gasteiger partial charge < -0.3 is 10.4 Å². The van der Waals surface area contributed by atoms with Gasteiger partial charge in [0, 0.05) is 18.7 Å². The molecule has 1 unspecified atom stereocenters. The van der Waals surface area contributed by atoms with Gasteiger partial charge in [-0.25, -0.2) is 4.79 Å². The first-order valence-electron chi connectivity index (χ1n) is 8.36. The van der Waals surface area contributed by atoms with E-state index in [0.717, 1.165) is 19.3 Å². The number of pyridine rings is 1. The molecule has 1 heterocycles. The second-order valence-corrected chi connectivity index (χ2v) is 6.46. The third-order valence-electron chi connectivity index (χ3n) is 4.78. The average Bonchev–Trinajstić information content (AvgIpc) is 2.58. The molecule has 0 spiro atoms. The Balaban J connectivity index is 2.24. The number of hydrogen-bond donors (Lipinski definition) is 2. The highest BCUT2D eigenvalue weighted by molar-refractivity contribution is 5.93. The van der Waals surface area contributed by atoms with Gasteiger partial charge in [-0.15, -0.1) is 0 Å². The van der Waals surface area contributed by atoms with Crippen molar-refractivity contribution in [1.82, 2.24) is 4.98 Å². The monoisotopic (exact) mass is 326 g/mol. The summed E-state index contributed by atoms with van der Waals surface area (Å²) in [6.07, 6.45) is 8.35. The lowest BCUT2D eigenvalue weighted by Gasteiger charge is -2.29. The van der Waals surface area contributed by atoms with Crippen LogP contribution in [0.15, 0.2) is 53.4 Å². The number of rotatable bonds is 6. The summed E-state index contributed by atoms with van der Waals surface area (Å²) in [5.74, 6) is -0.605. The minimum Gasteiger partial charge on any atom is -0.478 e. The van der Waals surface area contributed by atoms with Crippen LogP contribution in [0.1, 0.15) is 50.4 Å². The largest absolute Gasteiger partial charge is 0.478 e. The molecule has 2 rings (SSSR count). The van der Waals surface area contributed by atoms with Crippen LogP contribution in [0.2, 0.25) is 0 Å². The fraction of sp³-hybridized carbons (Fsp3) is 0.400. The van der Waals surface area contributed by atoms with E-state index in [1.807, 2.05) is 6.08 Å². The molecule has 1 aliphatic carbocycles. The average molecular weight is 326 g/mol. The van der Waals surface area contributed by atoms with Gasteiger partial charge in [-0.05, 0) is 62.8 Å². The smallest absolute Gasteiger partial charge is 0.337 e. The number of nitrogens with one attached hydrogen (secondary N) is 1. The molecule has 128 valence electrons. The molecule has 0 amide bonds. The number of carbonyl (C=O) groups is 1. The highest BCUT2D eigenvalue weighted by Crippen LogP contribution is 2.35. The maximum absolute atomic E-state index is 11.3. The van der Waals surface area contributed by atoms with E-state index in [0.29, 0.717) is 18.2 Å². The van der Waals surface area contributed by atoms with E-state index in [1.54, 1.807) is 6.20 Å². The van der Waals surface area contributed by atoms with Crippen LogP contribution in [-0.2, 0) is 0 Å². The lowest BCUT2D eigenvalue weighted by Crippen LogP contribution is -2.21. The lowest BCUT2D eigenvalue weighted by molar-refractivity contribution is 0.0698. The summed E-state index contributed by atoms with van der Waals surface area (Å²) < 4.78 is 0. The standard InChI is InChI=1S/C20H26N2O2/c1-5-16-15(7-6-8-17(16)14(4)13(2)3)11-22-19-12-21-10-9-18(19)20(23)24/h5,9-10,12,15,22H,1,6-8,11H2,2-4H3,(H,23,24). The van der Waals surface area contributed by atoms with Crippen LogP contribution in [0.4, 0.5) is 5.69 Å². The number of allylic oxidation sites excluding steroid dienone is 4. The van der Waals surface area contributed by atoms with Gasteiger partial charge in [0.2, 0.25) is 0 Å². The molecular weight excluding hydrogens is 300 g/mol. The van der Waals surface area contributed by atoms with Crippen LogP contribution in [0.3, 0.4) is 0 Å². The minimum absolute atomic E-state index is 0.255. The predicted molar refractivity (Wildman–Crippen MR) is 98.3 cm³/mol. The van der Waals surface area contributed by atoms with Gasteiger partial charge in [0.25, 0.3) is 0 Å². The quantitative estimate of drug-likeness (QED) is 0.786. The van der Waals surface area contributed by atoms with E-state index in [9.17, 15) is 9.90 Å². The Hall–Kier alpha value is -2.36. The molecular formula is C20H26N2O2. The van der Waals surface area contributed by atoms with Crippen LogP contribution in [0.25, 0.3) is 0 Å². The third-order valence-corrected chi connectivity index (χ3v) is 4.78.